The SMILES string of the molecule is Cc1ccc(Cl)c(NS(=O)(=O)c2cnccc2N)c1Cl. The largest absolute Gasteiger partial charge is 0.398 e. The van der Waals surface area contributed by atoms with Crippen LogP contribution in [0.1, 0.15) is 5.56 Å². The zero-order valence-corrected chi connectivity index (χ0v) is 12.7. The lowest BCUT2D eigenvalue weighted by molar-refractivity contribution is 0.601. The van der Waals surface area contributed by atoms with Crippen molar-refractivity contribution in [3.63, 3.8) is 0 Å². The fourth-order valence-electron chi connectivity index (χ4n) is 1.55. The molecule has 0 saturated carbocycles. The van der Waals surface area contributed by atoms with Gasteiger partial charge in [0, 0.05) is 12.4 Å². The molecule has 0 saturated heterocycles. The van der Waals surface area contributed by atoms with E-state index in [4.69, 9.17) is 28.9 Å². The van der Waals surface area contributed by atoms with Crippen molar-refractivity contribution in [3.05, 3.63) is 46.2 Å². The molecule has 20 heavy (non-hydrogen) atoms. The molecule has 0 amide bonds. The Morgan fingerprint density at radius 2 is 1.95 bits per heavy atom. The fraction of sp³-hybridized carbons (Fsp3) is 0.0833. The van der Waals surface area contributed by atoms with Gasteiger partial charge in [0.05, 0.1) is 21.4 Å². The van der Waals surface area contributed by atoms with Crippen molar-refractivity contribution in [1.29, 1.82) is 0 Å². The van der Waals surface area contributed by atoms with Gasteiger partial charge in [0.25, 0.3) is 10.0 Å². The molecule has 1 aromatic heterocycles. The minimum absolute atomic E-state index is 0.0902. The molecule has 0 radical (unpaired) electrons. The summed E-state index contributed by atoms with van der Waals surface area (Å²) in [5.41, 5.74) is 6.56. The van der Waals surface area contributed by atoms with Gasteiger partial charge in [0.2, 0.25) is 0 Å². The highest BCUT2D eigenvalue weighted by Crippen LogP contribution is 2.34. The Hall–Kier alpha value is -1.50. The molecule has 1 heterocycles. The van der Waals surface area contributed by atoms with Gasteiger partial charge in [-0.15, -0.1) is 0 Å². The fourth-order valence-corrected chi connectivity index (χ4v) is 3.30. The van der Waals surface area contributed by atoms with E-state index in [9.17, 15) is 8.42 Å². The summed E-state index contributed by atoms with van der Waals surface area (Å²) in [5.74, 6) is 0. The van der Waals surface area contributed by atoms with E-state index in [1.165, 1.54) is 12.3 Å². The maximum absolute atomic E-state index is 12.3. The van der Waals surface area contributed by atoms with Crippen LogP contribution < -0.4 is 10.5 Å². The van der Waals surface area contributed by atoms with Crippen molar-refractivity contribution in [2.24, 2.45) is 0 Å². The highest BCUT2D eigenvalue weighted by atomic mass is 35.5. The molecule has 0 aliphatic carbocycles. The summed E-state index contributed by atoms with van der Waals surface area (Å²) in [6, 6.07) is 4.65. The van der Waals surface area contributed by atoms with Crippen molar-refractivity contribution in [3.8, 4) is 0 Å². The molecule has 0 unspecified atom stereocenters. The summed E-state index contributed by atoms with van der Waals surface area (Å²) >= 11 is 12.1. The summed E-state index contributed by atoms with van der Waals surface area (Å²) in [5, 5.41) is 0.440. The van der Waals surface area contributed by atoms with Crippen LogP contribution in [0.2, 0.25) is 10.0 Å². The van der Waals surface area contributed by atoms with Gasteiger partial charge in [0.15, 0.2) is 0 Å². The average Bonchev–Trinajstić information content (AvgIpc) is 2.39. The number of nitrogens with two attached hydrogens (primary N) is 1. The number of benzene rings is 1. The topological polar surface area (TPSA) is 85.1 Å². The number of aryl methyl sites for hydroxylation is 1. The molecular formula is C12H11Cl2N3O2S. The standard InChI is InChI=1S/C12H11Cl2N3O2S/c1-7-2-3-8(13)12(11(7)14)17-20(18,19)10-6-16-5-4-9(10)15/h2-6,17H,1H3,(H2,15,16). The number of hydrogen-bond donors (Lipinski definition) is 2. The molecule has 0 bridgehead atoms. The van der Waals surface area contributed by atoms with Crippen LogP contribution in [0.4, 0.5) is 11.4 Å². The number of nitrogens with zero attached hydrogens (tertiary/aromatic N) is 1. The molecule has 0 spiro atoms. The van der Waals surface area contributed by atoms with Crippen LogP contribution in [-0.2, 0) is 10.0 Å². The van der Waals surface area contributed by atoms with Crippen molar-refractivity contribution in [1.82, 2.24) is 4.98 Å². The van der Waals surface area contributed by atoms with Crippen LogP contribution in [0.5, 0.6) is 0 Å². The highest BCUT2D eigenvalue weighted by Gasteiger charge is 2.21. The number of halogens is 2. The third kappa shape index (κ3) is 2.82. The molecule has 0 aliphatic rings. The quantitative estimate of drug-likeness (QED) is 0.904. The van der Waals surface area contributed by atoms with Gasteiger partial charge >= 0.3 is 0 Å². The lowest BCUT2D eigenvalue weighted by atomic mass is 10.2. The van der Waals surface area contributed by atoms with Gasteiger partial charge < -0.3 is 5.73 Å². The first-order valence-corrected chi connectivity index (χ1v) is 7.74. The van der Waals surface area contributed by atoms with Crippen molar-refractivity contribution in [2.45, 2.75) is 11.8 Å². The molecule has 0 fully saturated rings. The number of pyridine rings is 1. The maximum Gasteiger partial charge on any atom is 0.265 e. The third-order valence-electron chi connectivity index (χ3n) is 2.63. The summed E-state index contributed by atoms with van der Waals surface area (Å²) in [4.78, 5) is 3.62. The second kappa shape index (κ2) is 5.47. The predicted octanol–water partition coefficient (Wildman–Crippen LogP) is 3.08. The first kappa shape index (κ1) is 14.9. The van der Waals surface area contributed by atoms with Gasteiger partial charge in [-0.1, -0.05) is 29.3 Å². The second-order valence-electron chi connectivity index (χ2n) is 4.07. The zero-order valence-electron chi connectivity index (χ0n) is 10.4. The van der Waals surface area contributed by atoms with Crippen LogP contribution in [0.15, 0.2) is 35.5 Å². The second-order valence-corrected chi connectivity index (χ2v) is 6.51. The minimum Gasteiger partial charge on any atom is -0.398 e. The van der Waals surface area contributed by atoms with E-state index in [1.807, 2.05) is 0 Å². The maximum atomic E-state index is 12.3. The number of nitrogen functional groups attached to an aromatic ring is 1. The molecular weight excluding hydrogens is 321 g/mol. The Morgan fingerprint density at radius 1 is 1.25 bits per heavy atom. The van der Waals surface area contributed by atoms with Crippen LogP contribution in [-0.4, -0.2) is 13.4 Å². The molecule has 2 rings (SSSR count). The van der Waals surface area contributed by atoms with Crippen LogP contribution >= 0.6 is 23.2 Å². The van der Waals surface area contributed by atoms with E-state index in [-0.39, 0.29) is 26.3 Å². The van der Waals surface area contributed by atoms with Crippen LogP contribution in [0, 0.1) is 6.92 Å². The van der Waals surface area contributed by atoms with Crippen molar-refractivity contribution >= 4 is 44.6 Å². The lowest BCUT2D eigenvalue weighted by Gasteiger charge is -2.13. The van der Waals surface area contributed by atoms with E-state index in [2.05, 4.69) is 9.71 Å². The molecule has 3 N–H and O–H groups in total. The Morgan fingerprint density at radius 3 is 2.60 bits per heavy atom. The Bertz CT molecular complexity index is 763. The molecule has 2 aromatic rings. The van der Waals surface area contributed by atoms with E-state index in [0.29, 0.717) is 5.56 Å². The van der Waals surface area contributed by atoms with Crippen LogP contribution in [0.3, 0.4) is 0 Å². The van der Waals surface area contributed by atoms with Crippen molar-refractivity contribution < 1.29 is 8.42 Å². The number of nitrogens with one attached hydrogen (secondary N) is 1. The van der Waals surface area contributed by atoms with Gasteiger partial charge in [-0.3, -0.25) is 9.71 Å². The number of sulfonamides is 1. The molecule has 5 nitrogen and oxygen atoms in total. The first-order chi connectivity index (χ1) is 9.33. The molecule has 1 aromatic carbocycles. The number of aromatic nitrogens is 1. The van der Waals surface area contributed by atoms with Gasteiger partial charge in [-0.05, 0) is 24.6 Å². The lowest BCUT2D eigenvalue weighted by Crippen LogP contribution is -2.15. The van der Waals surface area contributed by atoms with Gasteiger partial charge in [0.1, 0.15) is 4.90 Å². The van der Waals surface area contributed by atoms with E-state index < -0.39 is 10.0 Å². The summed E-state index contributed by atoms with van der Waals surface area (Å²) in [6.07, 6.45) is 2.57. The Balaban J connectivity index is 2.50. The molecule has 0 aliphatic heterocycles. The third-order valence-corrected chi connectivity index (χ3v) is 4.82. The zero-order chi connectivity index (χ0) is 14.9. The van der Waals surface area contributed by atoms with E-state index in [1.54, 1.807) is 19.1 Å². The summed E-state index contributed by atoms with van der Waals surface area (Å²) in [6.45, 7) is 1.74. The number of rotatable bonds is 3. The normalized spacial score (nSPS) is 11.3. The first-order valence-electron chi connectivity index (χ1n) is 5.50. The Labute approximate surface area is 126 Å². The summed E-state index contributed by atoms with van der Waals surface area (Å²) in [7, 11) is -3.91. The number of hydrogen-bond acceptors (Lipinski definition) is 4. The molecule has 8 heteroatoms. The summed E-state index contributed by atoms with van der Waals surface area (Å²) < 4.78 is 26.9. The highest BCUT2D eigenvalue weighted by molar-refractivity contribution is 7.93. The smallest absolute Gasteiger partial charge is 0.265 e. The predicted molar refractivity (Wildman–Crippen MR) is 80.7 cm³/mol. The van der Waals surface area contributed by atoms with E-state index >= 15 is 0 Å². The molecule has 0 atom stereocenters. The number of anilines is 2. The van der Waals surface area contributed by atoms with E-state index in [0.717, 1.165) is 6.20 Å². The monoisotopic (exact) mass is 331 g/mol. The van der Waals surface area contributed by atoms with Gasteiger partial charge in [-0.2, -0.15) is 0 Å². The molecule has 106 valence electrons. The average molecular weight is 332 g/mol. The minimum atomic E-state index is -3.91. The van der Waals surface area contributed by atoms with Crippen molar-refractivity contribution in [2.75, 3.05) is 10.5 Å². The Kier molecular flexibility index (Phi) is 4.08. The van der Waals surface area contributed by atoms with Crippen LogP contribution in [0.25, 0.3) is 0 Å². The van der Waals surface area contributed by atoms with Gasteiger partial charge in [-0.25, -0.2) is 8.42 Å².